The molecule has 1 aliphatic rings. The summed E-state index contributed by atoms with van der Waals surface area (Å²) in [5.74, 6) is -0.373. The standard InChI is InChI=1S/C19H13Br2F3O/c20-17-4-2-1-3-15(17)11-7-12(9-14(25)8-11)16-10-13(19(22,23)24)5-6-18(16)21/h1-6,8,10,12H,7,9H2. The van der Waals surface area contributed by atoms with E-state index in [2.05, 4.69) is 31.9 Å². The van der Waals surface area contributed by atoms with E-state index >= 15 is 0 Å². The number of carbonyl (C=O) groups excluding carboxylic acids is 1. The Labute approximate surface area is 160 Å². The molecule has 130 valence electrons. The van der Waals surface area contributed by atoms with Gasteiger partial charge in [-0.2, -0.15) is 13.2 Å². The molecule has 0 spiro atoms. The van der Waals surface area contributed by atoms with Crippen molar-refractivity contribution in [3.63, 3.8) is 0 Å². The minimum Gasteiger partial charge on any atom is -0.295 e. The first-order valence-corrected chi connectivity index (χ1v) is 9.19. The lowest BCUT2D eigenvalue weighted by Gasteiger charge is -2.25. The van der Waals surface area contributed by atoms with Crippen molar-refractivity contribution in [2.75, 3.05) is 0 Å². The predicted octanol–water partition coefficient (Wildman–Crippen LogP) is 6.76. The molecule has 0 saturated heterocycles. The van der Waals surface area contributed by atoms with Crippen LogP contribution >= 0.6 is 31.9 Å². The number of halogens is 5. The van der Waals surface area contributed by atoms with Gasteiger partial charge in [0.25, 0.3) is 0 Å². The molecular weight excluding hydrogens is 461 g/mol. The van der Waals surface area contributed by atoms with Gasteiger partial charge in [-0.3, -0.25) is 4.79 Å². The van der Waals surface area contributed by atoms with Gasteiger partial charge in [0.1, 0.15) is 0 Å². The Balaban J connectivity index is 1.99. The molecule has 0 saturated carbocycles. The van der Waals surface area contributed by atoms with Crippen molar-refractivity contribution in [1.82, 2.24) is 0 Å². The van der Waals surface area contributed by atoms with Crippen LogP contribution in [0.25, 0.3) is 5.57 Å². The van der Waals surface area contributed by atoms with Gasteiger partial charge in [0, 0.05) is 15.4 Å². The predicted molar refractivity (Wildman–Crippen MR) is 98.2 cm³/mol. The Morgan fingerprint density at radius 1 is 0.960 bits per heavy atom. The van der Waals surface area contributed by atoms with Gasteiger partial charge in [-0.15, -0.1) is 0 Å². The van der Waals surface area contributed by atoms with E-state index in [0.29, 0.717) is 16.5 Å². The van der Waals surface area contributed by atoms with E-state index < -0.39 is 11.7 Å². The maximum Gasteiger partial charge on any atom is 0.416 e. The molecular formula is C19H13Br2F3O. The summed E-state index contributed by atoms with van der Waals surface area (Å²) in [7, 11) is 0. The summed E-state index contributed by atoms with van der Waals surface area (Å²) in [4.78, 5) is 12.2. The largest absolute Gasteiger partial charge is 0.416 e. The van der Waals surface area contributed by atoms with Crippen molar-refractivity contribution < 1.29 is 18.0 Å². The van der Waals surface area contributed by atoms with Gasteiger partial charge >= 0.3 is 6.18 Å². The van der Waals surface area contributed by atoms with Gasteiger partial charge in [0.2, 0.25) is 0 Å². The Bertz CT molecular complexity index is 856. The second-order valence-electron chi connectivity index (χ2n) is 5.95. The number of ketones is 1. The summed E-state index contributed by atoms with van der Waals surface area (Å²) in [5, 5.41) is 0. The number of alkyl halides is 3. The molecule has 0 bridgehead atoms. The fourth-order valence-electron chi connectivity index (χ4n) is 3.05. The summed E-state index contributed by atoms with van der Waals surface area (Å²) in [5.41, 5.74) is 1.54. The molecule has 2 aromatic carbocycles. The van der Waals surface area contributed by atoms with E-state index in [9.17, 15) is 18.0 Å². The van der Waals surface area contributed by atoms with E-state index in [1.807, 2.05) is 24.3 Å². The normalized spacial score (nSPS) is 18.2. The fourth-order valence-corrected chi connectivity index (χ4v) is 4.16. The fraction of sp³-hybridized carbons (Fsp3) is 0.211. The molecule has 1 unspecified atom stereocenters. The zero-order valence-electron chi connectivity index (χ0n) is 12.9. The zero-order valence-corrected chi connectivity index (χ0v) is 16.1. The molecule has 0 fully saturated rings. The Morgan fingerprint density at radius 2 is 1.68 bits per heavy atom. The van der Waals surface area contributed by atoms with Gasteiger partial charge in [-0.25, -0.2) is 0 Å². The molecule has 0 N–H and O–H groups in total. The first-order valence-electron chi connectivity index (χ1n) is 7.60. The van der Waals surface area contributed by atoms with E-state index in [1.165, 1.54) is 6.07 Å². The second kappa shape index (κ2) is 7.08. The van der Waals surface area contributed by atoms with Crippen LogP contribution in [0.2, 0.25) is 0 Å². The molecule has 0 amide bonds. The van der Waals surface area contributed by atoms with Crippen LogP contribution in [0.3, 0.4) is 0 Å². The minimum atomic E-state index is -4.41. The number of allylic oxidation sites excluding steroid dienone is 2. The second-order valence-corrected chi connectivity index (χ2v) is 7.66. The molecule has 3 rings (SSSR count). The zero-order chi connectivity index (χ0) is 18.2. The molecule has 6 heteroatoms. The number of benzene rings is 2. The van der Waals surface area contributed by atoms with Crippen molar-refractivity contribution in [3.8, 4) is 0 Å². The van der Waals surface area contributed by atoms with Crippen molar-refractivity contribution in [2.45, 2.75) is 24.9 Å². The summed E-state index contributed by atoms with van der Waals surface area (Å²) < 4.78 is 40.6. The van der Waals surface area contributed by atoms with Crippen LogP contribution in [0.4, 0.5) is 13.2 Å². The molecule has 1 nitrogen and oxygen atoms in total. The lowest BCUT2D eigenvalue weighted by atomic mass is 9.80. The van der Waals surface area contributed by atoms with Crippen molar-refractivity contribution in [1.29, 1.82) is 0 Å². The van der Waals surface area contributed by atoms with E-state index in [4.69, 9.17) is 0 Å². The lowest BCUT2D eigenvalue weighted by molar-refractivity contribution is -0.137. The quantitative estimate of drug-likeness (QED) is 0.470. The van der Waals surface area contributed by atoms with E-state index in [1.54, 1.807) is 6.08 Å². The Morgan fingerprint density at radius 3 is 2.36 bits per heavy atom. The Kier molecular flexibility index (Phi) is 5.21. The number of hydrogen-bond acceptors (Lipinski definition) is 1. The van der Waals surface area contributed by atoms with Crippen LogP contribution < -0.4 is 0 Å². The van der Waals surface area contributed by atoms with Crippen LogP contribution in [0.1, 0.15) is 35.4 Å². The van der Waals surface area contributed by atoms with Crippen LogP contribution in [0.5, 0.6) is 0 Å². The monoisotopic (exact) mass is 472 g/mol. The number of rotatable bonds is 2. The number of hydrogen-bond donors (Lipinski definition) is 0. The summed E-state index contributed by atoms with van der Waals surface area (Å²) in [6, 6.07) is 11.1. The molecule has 0 radical (unpaired) electrons. The maximum atomic E-state index is 13.0. The number of carbonyl (C=O) groups is 1. The van der Waals surface area contributed by atoms with Crippen molar-refractivity contribution in [2.24, 2.45) is 0 Å². The van der Waals surface area contributed by atoms with Gasteiger partial charge in [-0.1, -0.05) is 50.1 Å². The van der Waals surface area contributed by atoms with E-state index in [-0.39, 0.29) is 18.1 Å². The van der Waals surface area contributed by atoms with Crippen LogP contribution in [-0.2, 0) is 11.0 Å². The van der Waals surface area contributed by atoms with Crippen molar-refractivity contribution >= 4 is 43.2 Å². The molecule has 0 heterocycles. The third kappa shape index (κ3) is 4.06. The first kappa shape index (κ1) is 18.4. The van der Waals surface area contributed by atoms with Crippen LogP contribution in [0, 0.1) is 0 Å². The molecule has 2 aromatic rings. The molecule has 0 aliphatic heterocycles. The topological polar surface area (TPSA) is 17.1 Å². The molecule has 0 aromatic heterocycles. The van der Waals surface area contributed by atoms with Crippen LogP contribution in [0.15, 0.2) is 57.5 Å². The minimum absolute atomic E-state index is 0.0775. The van der Waals surface area contributed by atoms with Gasteiger partial charge in [0.05, 0.1) is 5.56 Å². The van der Waals surface area contributed by atoms with E-state index in [0.717, 1.165) is 27.7 Å². The first-order chi connectivity index (χ1) is 11.8. The van der Waals surface area contributed by atoms with Crippen molar-refractivity contribution in [3.05, 3.63) is 74.2 Å². The summed E-state index contributed by atoms with van der Waals surface area (Å²) in [6.45, 7) is 0. The SMILES string of the molecule is O=C1C=C(c2ccccc2Br)CC(c2cc(C(F)(F)F)ccc2Br)C1. The average molecular weight is 474 g/mol. The summed E-state index contributed by atoms with van der Waals surface area (Å²) >= 11 is 6.81. The third-order valence-electron chi connectivity index (χ3n) is 4.23. The Hall–Kier alpha value is -1.40. The highest BCUT2D eigenvalue weighted by atomic mass is 79.9. The third-order valence-corrected chi connectivity index (χ3v) is 5.65. The highest BCUT2D eigenvalue weighted by molar-refractivity contribution is 9.10. The molecule has 1 aliphatic carbocycles. The molecule has 1 atom stereocenters. The van der Waals surface area contributed by atoms with Gasteiger partial charge in [0.15, 0.2) is 5.78 Å². The lowest BCUT2D eigenvalue weighted by Crippen LogP contribution is -2.14. The van der Waals surface area contributed by atoms with Gasteiger partial charge in [-0.05, 0) is 59.4 Å². The molecule has 25 heavy (non-hydrogen) atoms. The average Bonchev–Trinajstić information content (AvgIpc) is 2.54. The summed E-state index contributed by atoms with van der Waals surface area (Å²) in [6.07, 6.45) is -2.10. The van der Waals surface area contributed by atoms with Gasteiger partial charge < -0.3 is 0 Å². The maximum absolute atomic E-state index is 13.0. The van der Waals surface area contributed by atoms with Crippen LogP contribution in [-0.4, -0.2) is 5.78 Å². The highest BCUT2D eigenvalue weighted by Crippen LogP contribution is 2.42. The highest BCUT2D eigenvalue weighted by Gasteiger charge is 2.33. The smallest absolute Gasteiger partial charge is 0.295 e.